The van der Waals surface area contributed by atoms with Crippen molar-refractivity contribution in [1.82, 2.24) is 10.6 Å². The molecule has 2 nitrogen and oxygen atoms in total. The Hall–Kier alpha value is -1.38. The molecular weight excluding hydrogens is 208 g/mol. The fourth-order valence-electron chi connectivity index (χ4n) is 2.56. The molecule has 3 rings (SSSR count). The van der Waals surface area contributed by atoms with E-state index < -0.39 is 0 Å². The van der Waals surface area contributed by atoms with Crippen molar-refractivity contribution in [3.8, 4) is 0 Å². The van der Waals surface area contributed by atoms with E-state index in [1.807, 2.05) is 0 Å². The molecule has 0 amide bonds. The minimum atomic E-state index is 0.0578. The maximum absolute atomic E-state index is 3.61. The fraction of sp³-hybridized carbons (Fsp3) is 0.333. The molecule has 0 aliphatic carbocycles. The molecule has 1 saturated heterocycles. The summed E-state index contributed by atoms with van der Waals surface area (Å²) in [5.41, 5.74) is 1.42. The Morgan fingerprint density at radius 3 is 2.59 bits per heavy atom. The number of piperazine rings is 1. The third kappa shape index (κ3) is 1.94. The van der Waals surface area contributed by atoms with Crippen LogP contribution in [-0.2, 0) is 5.54 Å². The summed E-state index contributed by atoms with van der Waals surface area (Å²) in [6, 6.07) is 15.3. The van der Waals surface area contributed by atoms with Crippen molar-refractivity contribution in [2.45, 2.75) is 12.5 Å². The molecule has 1 heterocycles. The van der Waals surface area contributed by atoms with Crippen molar-refractivity contribution in [3.63, 3.8) is 0 Å². The molecule has 0 saturated carbocycles. The van der Waals surface area contributed by atoms with Gasteiger partial charge in [0, 0.05) is 19.6 Å². The number of rotatable bonds is 1. The molecule has 2 aromatic rings. The number of fused-ring (bicyclic) bond motifs is 1. The first kappa shape index (κ1) is 10.8. The van der Waals surface area contributed by atoms with Crippen LogP contribution >= 0.6 is 0 Å². The molecule has 0 radical (unpaired) electrons. The summed E-state index contributed by atoms with van der Waals surface area (Å²) in [4.78, 5) is 0. The molecule has 1 unspecified atom stereocenters. The summed E-state index contributed by atoms with van der Waals surface area (Å²) in [5, 5.41) is 9.70. The van der Waals surface area contributed by atoms with Crippen LogP contribution in [0.5, 0.6) is 0 Å². The Morgan fingerprint density at radius 2 is 1.82 bits per heavy atom. The Morgan fingerprint density at radius 1 is 1.00 bits per heavy atom. The average molecular weight is 226 g/mol. The number of benzene rings is 2. The van der Waals surface area contributed by atoms with Gasteiger partial charge in [-0.25, -0.2) is 0 Å². The van der Waals surface area contributed by atoms with Crippen LogP contribution in [0.1, 0.15) is 12.5 Å². The number of nitrogens with one attached hydrogen (secondary N) is 2. The second kappa shape index (κ2) is 4.13. The van der Waals surface area contributed by atoms with E-state index in [1.54, 1.807) is 0 Å². The molecule has 0 spiro atoms. The maximum atomic E-state index is 3.61. The Bertz CT molecular complexity index is 527. The molecule has 2 aromatic carbocycles. The van der Waals surface area contributed by atoms with Crippen molar-refractivity contribution < 1.29 is 0 Å². The van der Waals surface area contributed by atoms with Gasteiger partial charge in [-0.15, -0.1) is 0 Å². The molecule has 88 valence electrons. The third-order valence-electron chi connectivity index (χ3n) is 3.68. The quantitative estimate of drug-likeness (QED) is 0.779. The van der Waals surface area contributed by atoms with E-state index in [1.165, 1.54) is 16.3 Å². The SMILES string of the molecule is CC1(c2ccc3ccccc3c2)CNCCN1. The molecule has 1 fully saturated rings. The second-order valence-electron chi connectivity index (χ2n) is 5.00. The lowest BCUT2D eigenvalue weighted by Crippen LogP contribution is -2.54. The maximum Gasteiger partial charge on any atom is 0.0533 e. The smallest absolute Gasteiger partial charge is 0.0533 e. The summed E-state index contributed by atoms with van der Waals surface area (Å²) in [5.74, 6) is 0. The molecule has 17 heavy (non-hydrogen) atoms. The minimum absolute atomic E-state index is 0.0578. The average Bonchev–Trinajstić information content (AvgIpc) is 2.39. The van der Waals surface area contributed by atoms with E-state index in [-0.39, 0.29) is 5.54 Å². The van der Waals surface area contributed by atoms with Crippen LogP contribution in [-0.4, -0.2) is 19.6 Å². The van der Waals surface area contributed by atoms with E-state index in [0.717, 1.165) is 19.6 Å². The summed E-state index contributed by atoms with van der Waals surface area (Å²) in [6.45, 7) is 5.35. The summed E-state index contributed by atoms with van der Waals surface area (Å²) in [7, 11) is 0. The zero-order chi connectivity index (χ0) is 11.7. The highest BCUT2D eigenvalue weighted by atomic mass is 15.1. The largest absolute Gasteiger partial charge is 0.313 e. The zero-order valence-electron chi connectivity index (χ0n) is 10.2. The zero-order valence-corrected chi connectivity index (χ0v) is 10.2. The predicted molar refractivity (Wildman–Crippen MR) is 72.2 cm³/mol. The van der Waals surface area contributed by atoms with E-state index in [9.17, 15) is 0 Å². The number of hydrogen-bond acceptors (Lipinski definition) is 2. The molecule has 0 bridgehead atoms. The highest BCUT2D eigenvalue weighted by Gasteiger charge is 2.27. The highest BCUT2D eigenvalue weighted by molar-refractivity contribution is 5.83. The fourth-order valence-corrected chi connectivity index (χ4v) is 2.56. The minimum Gasteiger partial charge on any atom is -0.313 e. The van der Waals surface area contributed by atoms with Gasteiger partial charge in [-0.3, -0.25) is 0 Å². The summed E-state index contributed by atoms with van der Waals surface area (Å²) < 4.78 is 0. The molecule has 1 atom stereocenters. The van der Waals surface area contributed by atoms with Gasteiger partial charge in [-0.05, 0) is 29.3 Å². The van der Waals surface area contributed by atoms with Gasteiger partial charge in [0.1, 0.15) is 0 Å². The van der Waals surface area contributed by atoms with E-state index in [0.29, 0.717) is 0 Å². The van der Waals surface area contributed by atoms with Gasteiger partial charge in [0.05, 0.1) is 5.54 Å². The highest BCUT2D eigenvalue weighted by Crippen LogP contribution is 2.25. The first-order valence-electron chi connectivity index (χ1n) is 6.23. The van der Waals surface area contributed by atoms with E-state index in [4.69, 9.17) is 0 Å². The normalized spacial score (nSPS) is 25.0. The van der Waals surface area contributed by atoms with Crippen LogP contribution in [0.15, 0.2) is 42.5 Å². The van der Waals surface area contributed by atoms with Gasteiger partial charge in [-0.2, -0.15) is 0 Å². The molecule has 2 N–H and O–H groups in total. The van der Waals surface area contributed by atoms with Crippen molar-refractivity contribution >= 4 is 10.8 Å². The van der Waals surface area contributed by atoms with Gasteiger partial charge in [0.25, 0.3) is 0 Å². The van der Waals surface area contributed by atoms with Crippen LogP contribution in [0.2, 0.25) is 0 Å². The standard InChI is InChI=1S/C15H18N2/c1-15(11-16-8-9-17-15)14-7-6-12-4-2-3-5-13(12)10-14/h2-7,10,16-17H,8-9,11H2,1H3. The monoisotopic (exact) mass is 226 g/mol. The van der Waals surface area contributed by atoms with Crippen LogP contribution < -0.4 is 10.6 Å². The van der Waals surface area contributed by atoms with Crippen LogP contribution in [0.4, 0.5) is 0 Å². The Labute approximate surface area is 102 Å². The van der Waals surface area contributed by atoms with Crippen molar-refractivity contribution in [1.29, 1.82) is 0 Å². The lowest BCUT2D eigenvalue weighted by molar-refractivity contribution is 0.303. The van der Waals surface area contributed by atoms with Crippen molar-refractivity contribution in [3.05, 3.63) is 48.0 Å². The molecule has 1 aliphatic rings. The lowest BCUT2D eigenvalue weighted by atomic mass is 9.89. The first-order valence-corrected chi connectivity index (χ1v) is 6.23. The van der Waals surface area contributed by atoms with Gasteiger partial charge < -0.3 is 10.6 Å². The van der Waals surface area contributed by atoms with Crippen molar-refractivity contribution in [2.24, 2.45) is 0 Å². The third-order valence-corrected chi connectivity index (χ3v) is 3.68. The van der Waals surface area contributed by atoms with Gasteiger partial charge in [0.15, 0.2) is 0 Å². The van der Waals surface area contributed by atoms with E-state index >= 15 is 0 Å². The summed E-state index contributed by atoms with van der Waals surface area (Å²) >= 11 is 0. The van der Waals surface area contributed by atoms with Crippen molar-refractivity contribution in [2.75, 3.05) is 19.6 Å². The van der Waals surface area contributed by atoms with E-state index in [2.05, 4.69) is 60.0 Å². The molecule has 1 aliphatic heterocycles. The second-order valence-corrected chi connectivity index (χ2v) is 5.00. The van der Waals surface area contributed by atoms with Gasteiger partial charge in [-0.1, -0.05) is 36.4 Å². The predicted octanol–water partition coefficient (Wildman–Crippen LogP) is 2.25. The molecule has 2 heteroatoms. The first-order chi connectivity index (χ1) is 8.28. The lowest BCUT2D eigenvalue weighted by Gasteiger charge is -2.36. The topological polar surface area (TPSA) is 24.1 Å². The van der Waals surface area contributed by atoms with Crippen LogP contribution in [0.25, 0.3) is 10.8 Å². The molecular formula is C15H18N2. The number of hydrogen-bond donors (Lipinski definition) is 2. The van der Waals surface area contributed by atoms with Gasteiger partial charge >= 0.3 is 0 Å². The Kier molecular flexibility index (Phi) is 2.61. The van der Waals surface area contributed by atoms with Crippen LogP contribution in [0, 0.1) is 0 Å². The van der Waals surface area contributed by atoms with Gasteiger partial charge in [0.2, 0.25) is 0 Å². The van der Waals surface area contributed by atoms with Crippen LogP contribution in [0.3, 0.4) is 0 Å². The summed E-state index contributed by atoms with van der Waals surface area (Å²) in [6.07, 6.45) is 0. The Balaban J connectivity index is 2.05. The molecule has 0 aromatic heterocycles.